The van der Waals surface area contributed by atoms with Gasteiger partial charge in [-0.05, 0) is 26.0 Å². The highest BCUT2D eigenvalue weighted by Crippen LogP contribution is 2.07. The van der Waals surface area contributed by atoms with E-state index in [2.05, 4.69) is 10.6 Å². The molecule has 0 aliphatic heterocycles. The van der Waals surface area contributed by atoms with Crippen LogP contribution < -0.4 is 10.6 Å². The number of imide groups is 1. The van der Waals surface area contributed by atoms with E-state index in [9.17, 15) is 14.4 Å². The Morgan fingerprint density at radius 3 is 2.24 bits per heavy atom. The minimum absolute atomic E-state index is 0.286. The Bertz CT molecular complexity index is 438. The van der Waals surface area contributed by atoms with Gasteiger partial charge < -0.3 is 5.32 Å². The van der Waals surface area contributed by atoms with Crippen molar-refractivity contribution >= 4 is 23.4 Å². The number of carbonyl (C=O) groups is 3. The summed E-state index contributed by atoms with van der Waals surface area (Å²) in [5.74, 6) is -0.896. The standard InChI is InChI=1S/C12H14N2O3/c1-8-3-5-10(6-4-8)13-12(17)14-11(16)7-9(2)15/h3-6H,7H2,1-2H3,(H2,13,14,16,17). The molecule has 5 heteroatoms. The van der Waals surface area contributed by atoms with Crippen molar-refractivity contribution in [2.75, 3.05) is 5.32 Å². The molecule has 0 aliphatic carbocycles. The Morgan fingerprint density at radius 1 is 1.12 bits per heavy atom. The van der Waals surface area contributed by atoms with Crippen LogP contribution in [0.2, 0.25) is 0 Å². The highest BCUT2D eigenvalue weighted by atomic mass is 16.2. The summed E-state index contributed by atoms with van der Waals surface area (Å²) >= 11 is 0. The lowest BCUT2D eigenvalue weighted by atomic mass is 10.2. The molecule has 0 atom stereocenters. The lowest BCUT2D eigenvalue weighted by molar-refractivity contribution is -0.126. The number of Topliss-reactive ketones (excluding diaryl/α,β-unsaturated/α-hetero) is 1. The first kappa shape index (κ1) is 12.9. The second kappa shape index (κ2) is 5.79. The summed E-state index contributed by atoms with van der Waals surface area (Å²) in [4.78, 5) is 33.1. The van der Waals surface area contributed by atoms with Crippen LogP contribution in [0.15, 0.2) is 24.3 Å². The minimum Gasteiger partial charge on any atom is -0.308 e. The van der Waals surface area contributed by atoms with Gasteiger partial charge in [-0.2, -0.15) is 0 Å². The van der Waals surface area contributed by atoms with Crippen molar-refractivity contribution in [2.24, 2.45) is 0 Å². The average Bonchev–Trinajstić information content (AvgIpc) is 2.19. The molecular formula is C12H14N2O3. The van der Waals surface area contributed by atoms with E-state index >= 15 is 0 Å². The molecule has 0 saturated carbocycles. The number of rotatable bonds is 3. The van der Waals surface area contributed by atoms with Crippen molar-refractivity contribution in [1.82, 2.24) is 5.32 Å². The van der Waals surface area contributed by atoms with E-state index in [-0.39, 0.29) is 12.2 Å². The second-order valence-corrected chi connectivity index (χ2v) is 3.75. The first-order valence-corrected chi connectivity index (χ1v) is 5.14. The summed E-state index contributed by atoms with van der Waals surface area (Å²) in [6.45, 7) is 3.22. The van der Waals surface area contributed by atoms with Gasteiger partial charge in [0.15, 0.2) is 0 Å². The zero-order valence-corrected chi connectivity index (χ0v) is 9.74. The number of nitrogens with one attached hydrogen (secondary N) is 2. The zero-order chi connectivity index (χ0) is 12.8. The van der Waals surface area contributed by atoms with Gasteiger partial charge in [-0.25, -0.2) is 4.79 Å². The van der Waals surface area contributed by atoms with Gasteiger partial charge in [0.2, 0.25) is 5.91 Å². The largest absolute Gasteiger partial charge is 0.325 e. The van der Waals surface area contributed by atoms with E-state index in [4.69, 9.17) is 0 Å². The van der Waals surface area contributed by atoms with Gasteiger partial charge in [0, 0.05) is 5.69 Å². The highest BCUT2D eigenvalue weighted by Gasteiger charge is 2.09. The molecule has 3 amide bonds. The summed E-state index contributed by atoms with van der Waals surface area (Å²) in [5, 5.41) is 4.56. The van der Waals surface area contributed by atoms with Crippen molar-refractivity contribution in [2.45, 2.75) is 20.3 Å². The number of aryl methyl sites for hydroxylation is 1. The van der Waals surface area contributed by atoms with Crippen LogP contribution in [0.4, 0.5) is 10.5 Å². The number of ketones is 1. The van der Waals surface area contributed by atoms with Gasteiger partial charge in [-0.15, -0.1) is 0 Å². The van der Waals surface area contributed by atoms with E-state index < -0.39 is 11.9 Å². The molecule has 1 aromatic rings. The number of benzene rings is 1. The molecule has 0 spiro atoms. The van der Waals surface area contributed by atoms with Gasteiger partial charge >= 0.3 is 6.03 Å². The van der Waals surface area contributed by atoms with Crippen molar-refractivity contribution in [3.05, 3.63) is 29.8 Å². The Kier molecular flexibility index (Phi) is 4.39. The molecule has 90 valence electrons. The van der Waals surface area contributed by atoms with Crippen LogP contribution >= 0.6 is 0 Å². The fourth-order valence-corrected chi connectivity index (χ4v) is 1.20. The fraction of sp³-hybridized carbons (Fsp3) is 0.250. The monoisotopic (exact) mass is 234 g/mol. The summed E-state index contributed by atoms with van der Waals surface area (Å²) in [7, 11) is 0. The molecule has 0 aromatic heterocycles. The third-order valence-corrected chi connectivity index (χ3v) is 1.97. The Morgan fingerprint density at radius 2 is 1.71 bits per heavy atom. The second-order valence-electron chi connectivity index (χ2n) is 3.75. The molecule has 1 rings (SSSR count). The van der Waals surface area contributed by atoms with Crippen molar-refractivity contribution in [3.63, 3.8) is 0 Å². The van der Waals surface area contributed by atoms with E-state index in [0.717, 1.165) is 5.56 Å². The maximum atomic E-state index is 11.3. The Balaban J connectivity index is 2.47. The molecule has 1 aromatic carbocycles. The lowest BCUT2D eigenvalue weighted by Crippen LogP contribution is -2.35. The minimum atomic E-state index is -0.639. The highest BCUT2D eigenvalue weighted by molar-refractivity contribution is 6.06. The number of carbonyl (C=O) groups excluding carboxylic acids is 3. The summed E-state index contributed by atoms with van der Waals surface area (Å²) in [6, 6.07) is 6.49. The SMILES string of the molecule is CC(=O)CC(=O)NC(=O)Nc1ccc(C)cc1. The zero-order valence-electron chi connectivity index (χ0n) is 9.74. The normalized spacial score (nSPS) is 9.53. The van der Waals surface area contributed by atoms with Crippen LogP contribution in [-0.2, 0) is 9.59 Å². The summed E-state index contributed by atoms with van der Waals surface area (Å²) in [6.07, 6.45) is -0.290. The Labute approximate surface area is 99.2 Å². The predicted octanol–water partition coefficient (Wildman–Crippen LogP) is 1.62. The summed E-state index contributed by atoms with van der Waals surface area (Å²) in [5.41, 5.74) is 1.66. The number of hydrogen-bond donors (Lipinski definition) is 2. The predicted molar refractivity (Wildman–Crippen MR) is 63.6 cm³/mol. The smallest absolute Gasteiger partial charge is 0.308 e. The quantitative estimate of drug-likeness (QED) is 0.780. The number of hydrogen-bond acceptors (Lipinski definition) is 3. The number of anilines is 1. The molecule has 0 fully saturated rings. The van der Waals surface area contributed by atoms with E-state index in [1.165, 1.54) is 6.92 Å². The van der Waals surface area contributed by atoms with Crippen molar-refractivity contribution < 1.29 is 14.4 Å². The Hall–Kier alpha value is -2.17. The third kappa shape index (κ3) is 4.92. The molecular weight excluding hydrogens is 220 g/mol. The lowest BCUT2D eigenvalue weighted by Gasteiger charge is -2.06. The average molecular weight is 234 g/mol. The molecule has 0 saturated heterocycles. The fourth-order valence-electron chi connectivity index (χ4n) is 1.20. The van der Waals surface area contributed by atoms with Gasteiger partial charge in [0.1, 0.15) is 5.78 Å². The van der Waals surface area contributed by atoms with Crippen LogP contribution in [-0.4, -0.2) is 17.7 Å². The summed E-state index contributed by atoms with van der Waals surface area (Å²) < 4.78 is 0. The van der Waals surface area contributed by atoms with Crippen LogP contribution in [0.1, 0.15) is 18.9 Å². The topological polar surface area (TPSA) is 75.3 Å². The van der Waals surface area contributed by atoms with Crippen LogP contribution in [0.5, 0.6) is 0 Å². The van der Waals surface area contributed by atoms with E-state index in [0.29, 0.717) is 5.69 Å². The maximum Gasteiger partial charge on any atom is 0.325 e. The molecule has 2 N–H and O–H groups in total. The molecule has 0 radical (unpaired) electrons. The molecule has 5 nitrogen and oxygen atoms in total. The maximum absolute atomic E-state index is 11.3. The molecule has 0 unspecified atom stereocenters. The first-order valence-electron chi connectivity index (χ1n) is 5.14. The van der Waals surface area contributed by atoms with Crippen molar-refractivity contribution in [1.29, 1.82) is 0 Å². The van der Waals surface area contributed by atoms with Crippen LogP contribution in [0, 0.1) is 6.92 Å². The van der Waals surface area contributed by atoms with Crippen LogP contribution in [0.3, 0.4) is 0 Å². The molecule has 0 bridgehead atoms. The first-order chi connectivity index (χ1) is 7.97. The van der Waals surface area contributed by atoms with E-state index in [1.54, 1.807) is 12.1 Å². The number of amides is 3. The number of urea groups is 1. The molecule has 0 heterocycles. The molecule has 17 heavy (non-hydrogen) atoms. The van der Waals surface area contributed by atoms with Gasteiger partial charge in [0.25, 0.3) is 0 Å². The van der Waals surface area contributed by atoms with Crippen LogP contribution in [0.25, 0.3) is 0 Å². The van der Waals surface area contributed by atoms with Crippen molar-refractivity contribution in [3.8, 4) is 0 Å². The van der Waals surface area contributed by atoms with Gasteiger partial charge in [0.05, 0.1) is 6.42 Å². The van der Waals surface area contributed by atoms with Gasteiger partial charge in [-0.1, -0.05) is 17.7 Å². The van der Waals surface area contributed by atoms with E-state index in [1.807, 2.05) is 19.1 Å². The van der Waals surface area contributed by atoms with Gasteiger partial charge in [-0.3, -0.25) is 14.9 Å². The molecule has 0 aliphatic rings. The third-order valence-electron chi connectivity index (χ3n) is 1.97.